The summed E-state index contributed by atoms with van der Waals surface area (Å²) >= 11 is 6.06. The molecule has 9 heteroatoms. The summed E-state index contributed by atoms with van der Waals surface area (Å²) in [5.74, 6) is -1.00. The van der Waals surface area contributed by atoms with E-state index in [0.717, 1.165) is 6.26 Å². The van der Waals surface area contributed by atoms with Gasteiger partial charge in [0.05, 0.1) is 23.4 Å². The van der Waals surface area contributed by atoms with Gasteiger partial charge in [-0.05, 0) is 43.3 Å². The molecule has 1 amide bonds. The smallest absolute Gasteiger partial charge is 0.339 e. The summed E-state index contributed by atoms with van der Waals surface area (Å²) in [6, 6.07) is 10.4. The van der Waals surface area contributed by atoms with Crippen molar-refractivity contribution in [2.24, 2.45) is 0 Å². The Kier molecular flexibility index (Phi) is 6.23. The molecule has 0 aliphatic heterocycles. The van der Waals surface area contributed by atoms with Crippen LogP contribution < -0.4 is 10.0 Å². The van der Waals surface area contributed by atoms with E-state index in [0.29, 0.717) is 5.69 Å². The zero-order chi connectivity index (χ0) is 19.3. The first-order valence-electron chi connectivity index (χ1n) is 7.55. The fourth-order valence-electron chi connectivity index (χ4n) is 2.11. The summed E-state index contributed by atoms with van der Waals surface area (Å²) in [6.45, 7) is 1.92. The van der Waals surface area contributed by atoms with Gasteiger partial charge in [-0.1, -0.05) is 17.7 Å². The molecular formula is C17H17ClN2O5S. The number of rotatable bonds is 6. The van der Waals surface area contributed by atoms with Crippen LogP contribution in [0.15, 0.2) is 42.5 Å². The molecular weight excluding hydrogens is 380 g/mol. The number of anilines is 2. The average molecular weight is 397 g/mol. The topological polar surface area (TPSA) is 102 Å². The Morgan fingerprint density at radius 2 is 1.85 bits per heavy atom. The van der Waals surface area contributed by atoms with Crippen molar-refractivity contribution >= 4 is 44.9 Å². The largest absolute Gasteiger partial charge is 0.462 e. The van der Waals surface area contributed by atoms with E-state index in [4.69, 9.17) is 16.3 Å². The van der Waals surface area contributed by atoms with Gasteiger partial charge in [0, 0.05) is 16.9 Å². The number of hydrogen-bond donors (Lipinski definition) is 2. The second-order valence-electron chi connectivity index (χ2n) is 5.32. The van der Waals surface area contributed by atoms with Gasteiger partial charge in [-0.25, -0.2) is 13.2 Å². The van der Waals surface area contributed by atoms with Crippen molar-refractivity contribution in [3.8, 4) is 0 Å². The molecule has 2 rings (SSSR count). The van der Waals surface area contributed by atoms with Gasteiger partial charge in [-0.2, -0.15) is 0 Å². The lowest BCUT2D eigenvalue weighted by Crippen LogP contribution is -2.14. The molecule has 0 atom stereocenters. The monoisotopic (exact) mass is 396 g/mol. The van der Waals surface area contributed by atoms with Crippen LogP contribution in [0.3, 0.4) is 0 Å². The Labute approximate surface area is 156 Å². The number of nitrogens with one attached hydrogen (secondary N) is 2. The van der Waals surface area contributed by atoms with Crippen molar-refractivity contribution in [2.75, 3.05) is 22.9 Å². The predicted molar refractivity (Wildman–Crippen MR) is 100 cm³/mol. The second-order valence-corrected chi connectivity index (χ2v) is 7.48. The number of benzene rings is 2. The molecule has 0 bridgehead atoms. The number of sulfonamides is 1. The highest BCUT2D eigenvalue weighted by Crippen LogP contribution is 2.22. The third-order valence-electron chi connectivity index (χ3n) is 3.15. The second kappa shape index (κ2) is 8.20. The summed E-state index contributed by atoms with van der Waals surface area (Å²) in [4.78, 5) is 24.1. The Bertz CT molecular complexity index is 944. The van der Waals surface area contributed by atoms with Gasteiger partial charge < -0.3 is 10.1 Å². The van der Waals surface area contributed by atoms with Crippen molar-refractivity contribution < 1.29 is 22.7 Å². The van der Waals surface area contributed by atoms with Crippen molar-refractivity contribution in [1.82, 2.24) is 0 Å². The maximum atomic E-state index is 12.3. The van der Waals surface area contributed by atoms with E-state index in [9.17, 15) is 18.0 Å². The van der Waals surface area contributed by atoms with Crippen LogP contribution in [0.25, 0.3) is 0 Å². The van der Waals surface area contributed by atoms with Gasteiger partial charge in [-0.15, -0.1) is 0 Å². The molecule has 138 valence electrons. The van der Waals surface area contributed by atoms with E-state index in [1.165, 1.54) is 36.4 Å². The molecule has 0 radical (unpaired) electrons. The number of ether oxygens (including phenoxy) is 1. The number of halogens is 1. The minimum atomic E-state index is -3.44. The molecule has 0 aliphatic carbocycles. The van der Waals surface area contributed by atoms with E-state index in [1.54, 1.807) is 13.0 Å². The summed E-state index contributed by atoms with van der Waals surface area (Å²) in [5, 5.41) is 2.78. The first-order chi connectivity index (χ1) is 12.2. The molecule has 0 spiro atoms. The Hall–Kier alpha value is -2.58. The highest BCUT2D eigenvalue weighted by Gasteiger charge is 2.14. The lowest BCUT2D eigenvalue weighted by molar-refractivity contribution is 0.0526. The van der Waals surface area contributed by atoms with E-state index >= 15 is 0 Å². The molecule has 2 aromatic carbocycles. The van der Waals surface area contributed by atoms with Crippen molar-refractivity contribution in [3.05, 3.63) is 58.6 Å². The fraction of sp³-hybridized carbons (Fsp3) is 0.176. The number of carbonyl (C=O) groups excluding carboxylic acids is 2. The van der Waals surface area contributed by atoms with E-state index in [-0.39, 0.29) is 28.4 Å². The lowest BCUT2D eigenvalue weighted by atomic mass is 10.1. The molecule has 0 heterocycles. The van der Waals surface area contributed by atoms with E-state index < -0.39 is 21.9 Å². The Morgan fingerprint density at radius 1 is 1.12 bits per heavy atom. The average Bonchev–Trinajstić information content (AvgIpc) is 2.53. The molecule has 7 nitrogen and oxygen atoms in total. The highest BCUT2D eigenvalue weighted by molar-refractivity contribution is 7.92. The van der Waals surface area contributed by atoms with Gasteiger partial charge >= 0.3 is 5.97 Å². The van der Waals surface area contributed by atoms with E-state index in [2.05, 4.69) is 10.0 Å². The van der Waals surface area contributed by atoms with Crippen molar-refractivity contribution in [3.63, 3.8) is 0 Å². The summed E-state index contributed by atoms with van der Waals surface area (Å²) in [5.41, 5.74) is 1.11. The maximum Gasteiger partial charge on any atom is 0.339 e. The summed E-state index contributed by atoms with van der Waals surface area (Å²) in [7, 11) is -3.44. The van der Waals surface area contributed by atoms with Crippen LogP contribution in [-0.4, -0.2) is 33.2 Å². The molecule has 26 heavy (non-hydrogen) atoms. The van der Waals surface area contributed by atoms with Gasteiger partial charge in [0.2, 0.25) is 10.0 Å². The van der Waals surface area contributed by atoms with Crippen LogP contribution in [0.2, 0.25) is 5.02 Å². The van der Waals surface area contributed by atoms with Gasteiger partial charge in [-0.3, -0.25) is 9.52 Å². The number of hydrogen-bond acceptors (Lipinski definition) is 5. The minimum absolute atomic E-state index is 0.147. The molecule has 0 saturated carbocycles. The molecule has 0 aromatic heterocycles. The fourth-order valence-corrected chi connectivity index (χ4v) is 2.92. The highest BCUT2D eigenvalue weighted by atomic mass is 35.5. The zero-order valence-corrected chi connectivity index (χ0v) is 15.6. The van der Waals surface area contributed by atoms with Gasteiger partial charge in [0.15, 0.2) is 0 Å². The molecule has 0 fully saturated rings. The first kappa shape index (κ1) is 19.7. The third kappa shape index (κ3) is 5.47. The van der Waals surface area contributed by atoms with Crippen LogP contribution in [0.1, 0.15) is 27.6 Å². The lowest BCUT2D eigenvalue weighted by Gasteiger charge is -2.10. The van der Waals surface area contributed by atoms with Gasteiger partial charge in [0.25, 0.3) is 5.91 Å². The number of esters is 1. The van der Waals surface area contributed by atoms with Crippen LogP contribution in [0, 0.1) is 0 Å². The summed E-state index contributed by atoms with van der Waals surface area (Å²) < 4.78 is 29.7. The maximum absolute atomic E-state index is 12.3. The third-order valence-corrected chi connectivity index (χ3v) is 4.07. The minimum Gasteiger partial charge on any atom is -0.462 e. The van der Waals surface area contributed by atoms with Gasteiger partial charge in [0.1, 0.15) is 0 Å². The molecule has 0 aliphatic rings. The van der Waals surface area contributed by atoms with E-state index in [1.807, 2.05) is 0 Å². The molecule has 0 unspecified atom stereocenters. The Morgan fingerprint density at radius 3 is 2.46 bits per heavy atom. The number of carbonyl (C=O) groups is 2. The Balaban J connectivity index is 2.16. The van der Waals surface area contributed by atoms with Crippen LogP contribution in [0.4, 0.5) is 11.4 Å². The predicted octanol–water partition coefficient (Wildman–Crippen LogP) is 3.14. The molecule has 0 saturated heterocycles. The molecule has 2 N–H and O–H groups in total. The van der Waals surface area contributed by atoms with Crippen LogP contribution in [0.5, 0.6) is 0 Å². The van der Waals surface area contributed by atoms with Crippen molar-refractivity contribution in [1.29, 1.82) is 0 Å². The zero-order valence-electron chi connectivity index (χ0n) is 14.1. The molecule has 2 aromatic rings. The van der Waals surface area contributed by atoms with Crippen LogP contribution in [-0.2, 0) is 14.8 Å². The van der Waals surface area contributed by atoms with Crippen molar-refractivity contribution in [2.45, 2.75) is 6.92 Å². The first-order valence-corrected chi connectivity index (χ1v) is 9.82. The quantitative estimate of drug-likeness (QED) is 0.730. The SMILES string of the molecule is CCOC(=O)c1ccc(NC(=O)c2cccc(NS(C)(=O)=O)c2)cc1Cl. The standard InChI is InChI=1S/C17H17ClN2O5S/c1-3-25-17(22)14-8-7-12(10-15(14)18)19-16(21)11-5-4-6-13(9-11)20-26(2,23)24/h4-10,20H,3H2,1-2H3,(H,19,21). The summed E-state index contributed by atoms with van der Waals surface area (Å²) in [6.07, 6.45) is 1.02. The number of amides is 1. The van der Waals surface area contributed by atoms with Crippen LogP contribution >= 0.6 is 11.6 Å². The normalized spacial score (nSPS) is 10.9.